The fourth-order valence-electron chi connectivity index (χ4n) is 6.03. The van der Waals surface area contributed by atoms with Gasteiger partial charge in [-0.05, 0) is 112 Å². The summed E-state index contributed by atoms with van der Waals surface area (Å²) in [7, 11) is 0. The second-order valence-corrected chi connectivity index (χ2v) is 12.4. The number of nitrogens with two attached hydrogens (primary N) is 1. The number of aryl methyl sites for hydroxylation is 1. The Labute approximate surface area is 274 Å². The number of nitrogens with one attached hydrogen (secondary N) is 5. The van der Waals surface area contributed by atoms with Crippen LogP contribution in [0.2, 0.25) is 0 Å². The molecule has 1 aliphatic carbocycles. The molecule has 0 saturated heterocycles. The van der Waals surface area contributed by atoms with E-state index in [1.165, 1.54) is 0 Å². The van der Waals surface area contributed by atoms with Gasteiger partial charge >= 0.3 is 0 Å². The van der Waals surface area contributed by atoms with Gasteiger partial charge in [0.05, 0.1) is 10.9 Å². The first-order valence-corrected chi connectivity index (χ1v) is 15.6. The molecule has 1 aliphatic rings. The first kappa shape index (κ1) is 34.5. The SMILES string of the molecule is Cc1cc(C(=O)NC(C)C)ccc1-c1ccc(C[C@H](NC(=O)[C@H]2CC[C@H](CN)CC2)C(=O)Nc2ccc3c(=O)[nH][nH]c3c2)cc1.Cl. The van der Waals surface area contributed by atoms with Crippen LogP contribution in [-0.2, 0) is 16.0 Å². The average molecular weight is 647 g/mol. The normalized spacial score (nSPS) is 16.8. The molecule has 0 aliphatic heterocycles. The van der Waals surface area contributed by atoms with Crippen LogP contribution in [0.5, 0.6) is 0 Å². The van der Waals surface area contributed by atoms with E-state index in [1.807, 2.05) is 63.2 Å². The highest BCUT2D eigenvalue weighted by Crippen LogP contribution is 2.29. The van der Waals surface area contributed by atoms with E-state index in [-0.39, 0.29) is 47.6 Å². The summed E-state index contributed by atoms with van der Waals surface area (Å²) in [6.07, 6.45) is 3.62. The molecule has 0 spiro atoms. The van der Waals surface area contributed by atoms with Crippen molar-refractivity contribution in [1.29, 1.82) is 0 Å². The van der Waals surface area contributed by atoms with Crippen molar-refractivity contribution in [1.82, 2.24) is 20.8 Å². The molecule has 3 aromatic carbocycles. The third-order valence-electron chi connectivity index (χ3n) is 8.64. The van der Waals surface area contributed by atoms with Crippen molar-refractivity contribution < 1.29 is 14.4 Å². The zero-order chi connectivity index (χ0) is 32.1. The number of amides is 3. The smallest absolute Gasteiger partial charge is 0.271 e. The summed E-state index contributed by atoms with van der Waals surface area (Å²) in [5.74, 6) is -0.273. The van der Waals surface area contributed by atoms with Crippen LogP contribution >= 0.6 is 12.4 Å². The lowest BCUT2D eigenvalue weighted by molar-refractivity contribution is -0.130. The number of rotatable bonds is 10. The maximum Gasteiger partial charge on any atom is 0.271 e. The standard InChI is InChI=1S/C35H42N6O4.ClH/c1-20(2)37-33(43)26-12-14-28(21(3)16-26)24-8-4-22(5-9-24)17-31(39-32(42)25-10-6-23(19-36)7-11-25)35(45)38-27-13-15-29-30(18-27)40-41-34(29)44;/h4-5,8-9,12-16,18,20,23,25,31H,6-7,10-11,17,19,36H2,1-3H3,(H,37,43)(H,38,45)(H,39,42)(H2,40,41,44);1H/t23-,25-,31-;/m0./s1. The first-order valence-electron chi connectivity index (χ1n) is 15.6. The third-order valence-corrected chi connectivity index (χ3v) is 8.64. The van der Waals surface area contributed by atoms with Gasteiger partial charge in [0.2, 0.25) is 11.8 Å². The van der Waals surface area contributed by atoms with Crippen molar-refractivity contribution in [2.45, 2.75) is 65.0 Å². The molecule has 244 valence electrons. The number of fused-ring (bicyclic) bond motifs is 1. The Bertz CT molecular complexity index is 1740. The number of anilines is 1. The number of carbonyl (C=O) groups is 3. The zero-order valence-corrected chi connectivity index (χ0v) is 27.3. The second kappa shape index (κ2) is 15.2. The first-order chi connectivity index (χ1) is 21.6. The van der Waals surface area contributed by atoms with Crippen LogP contribution in [-0.4, -0.2) is 46.5 Å². The van der Waals surface area contributed by atoms with Gasteiger partial charge in [-0.1, -0.05) is 30.3 Å². The maximum atomic E-state index is 13.6. The lowest BCUT2D eigenvalue weighted by Crippen LogP contribution is -2.48. The van der Waals surface area contributed by atoms with E-state index >= 15 is 0 Å². The minimum atomic E-state index is -0.808. The van der Waals surface area contributed by atoms with Gasteiger partial charge in [-0.3, -0.25) is 29.4 Å². The molecule has 3 amide bonds. The van der Waals surface area contributed by atoms with Crippen LogP contribution in [0.3, 0.4) is 0 Å². The van der Waals surface area contributed by atoms with Gasteiger partial charge in [0, 0.05) is 29.6 Å². The molecule has 1 atom stereocenters. The summed E-state index contributed by atoms with van der Waals surface area (Å²) in [6.45, 7) is 6.47. The quantitative estimate of drug-likeness (QED) is 0.145. The molecule has 1 fully saturated rings. The molecule has 5 rings (SSSR count). The molecule has 46 heavy (non-hydrogen) atoms. The highest BCUT2D eigenvalue weighted by Gasteiger charge is 2.29. The summed E-state index contributed by atoms with van der Waals surface area (Å²) in [6, 6.07) is 17.8. The Morgan fingerprint density at radius 1 is 0.913 bits per heavy atom. The summed E-state index contributed by atoms with van der Waals surface area (Å²) >= 11 is 0. The monoisotopic (exact) mass is 646 g/mol. The lowest BCUT2D eigenvalue weighted by Gasteiger charge is -2.28. The number of aromatic amines is 2. The zero-order valence-electron chi connectivity index (χ0n) is 26.4. The highest BCUT2D eigenvalue weighted by atomic mass is 35.5. The fraction of sp³-hybridized carbons (Fsp3) is 0.371. The maximum absolute atomic E-state index is 13.6. The summed E-state index contributed by atoms with van der Waals surface area (Å²) in [4.78, 5) is 51.3. The van der Waals surface area contributed by atoms with E-state index in [9.17, 15) is 19.2 Å². The summed E-state index contributed by atoms with van der Waals surface area (Å²) < 4.78 is 0. The largest absolute Gasteiger partial charge is 0.350 e. The van der Waals surface area contributed by atoms with E-state index in [0.29, 0.717) is 41.0 Å². The molecule has 0 bridgehead atoms. The topological polar surface area (TPSA) is 162 Å². The van der Waals surface area contributed by atoms with Crippen LogP contribution in [0.1, 0.15) is 61.0 Å². The lowest BCUT2D eigenvalue weighted by atomic mass is 9.81. The van der Waals surface area contributed by atoms with E-state index < -0.39 is 6.04 Å². The molecular weight excluding hydrogens is 604 g/mol. The van der Waals surface area contributed by atoms with Crippen molar-refractivity contribution in [2.75, 3.05) is 11.9 Å². The van der Waals surface area contributed by atoms with E-state index in [2.05, 4.69) is 26.1 Å². The number of carbonyl (C=O) groups excluding carboxylic acids is 3. The molecule has 0 radical (unpaired) electrons. The minimum Gasteiger partial charge on any atom is -0.350 e. The Morgan fingerprint density at radius 2 is 1.63 bits per heavy atom. The molecule has 11 heteroatoms. The Morgan fingerprint density at radius 3 is 2.28 bits per heavy atom. The number of halogens is 1. The molecule has 10 nitrogen and oxygen atoms in total. The predicted octanol–water partition coefficient (Wildman–Crippen LogP) is 4.82. The summed E-state index contributed by atoms with van der Waals surface area (Å²) in [5, 5.41) is 14.7. The van der Waals surface area contributed by atoms with Crippen LogP contribution in [0, 0.1) is 18.8 Å². The van der Waals surface area contributed by atoms with E-state index in [0.717, 1.165) is 47.9 Å². The Kier molecular flexibility index (Phi) is 11.4. The molecule has 0 unspecified atom stereocenters. The van der Waals surface area contributed by atoms with Gasteiger partial charge in [-0.2, -0.15) is 0 Å². The fourth-order valence-corrected chi connectivity index (χ4v) is 6.03. The average Bonchev–Trinajstić information content (AvgIpc) is 3.40. The number of aromatic nitrogens is 2. The molecule has 1 heterocycles. The number of hydrogen-bond acceptors (Lipinski definition) is 5. The highest BCUT2D eigenvalue weighted by molar-refractivity contribution is 5.99. The van der Waals surface area contributed by atoms with Crippen LogP contribution in [0.4, 0.5) is 5.69 Å². The van der Waals surface area contributed by atoms with Crippen LogP contribution in [0.15, 0.2) is 65.5 Å². The molecule has 4 aromatic rings. The third kappa shape index (κ3) is 8.24. The second-order valence-electron chi connectivity index (χ2n) is 12.4. The van der Waals surface area contributed by atoms with Crippen LogP contribution in [0.25, 0.3) is 22.0 Å². The van der Waals surface area contributed by atoms with Gasteiger partial charge in [0.1, 0.15) is 6.04 Å². The number of hydrogen-bond donors (Lipinski definition) is 6. The minimum absolute atomic E-state index is 0. The van der Waals surface area contributed by atoms with Gasteiger partial charge in [-0.25, -0.2) is 0 Å². The Hall–Kier alpha value is -4.41. The van der Waals surface area contributed by atoms with Crippen LogP contribution < -0.4 is 27.2 Å². The molecule has 7 N–H and O–H groups in total. The van der Waals surface area contributed by atoms with Crippen molar-refractivity contribution in [2.24, 2.45) is 17.6 Å². The van der Waals surface area contributed by atoms with Crippen molar-refractivity contribution in [3.05, 3.63) is 87.7 Å². The van der Waals surface area contributed by atoms with Crippen molar-refractivity contribution in [3.8, 4) is 11.1 Å². The Balaban J connectivity index is 0.00000480. The van der Waals surface area contributed by atoms with Gasteiger partial charge in [0.15, 0.2) is 0 Å². The predicted molar refractivity (Wildman–Crippen MR) is 184 cm³/mol. The molecular formula is C35H43ClN6O4. The van der Waals surface area contributed by atoms with Gasteiger partial charge in [0.25, 0.3) is 11.5 Å². The van der Waals surface area contributed by atoms with E-state index in [1.54, 1.807) is 18.2 Å². The van der Waals surface area contributed by atoms with Gasteiger partial charge in [-0.15, -0.1) is 12.4 Å². The summed E-state index contributed by atoms with van der Waals surface area (Å²) in [5.41, 5.74) is 11.2. The van der Waals surface area contributed by atoms with Crippen molar-refractivity contribution in [3.63, 3.8) is 0 Å². The molecule has 1 aromatic heterocycles. The van der Waals surface area contributed by atoms with E-state index in [4.69, 9.17) is 5.73 Å². The number of benzene rings is 3. The molecule has 1 saturated carbocycles. The van der Waals surface area contributed by atoms with Gasteiger partial charge < -0.3 is 21.7 Å². The van der Waals surface area contributed by atoms with Crippen molar-refractivity contribution >= 4 is 46.7 Å². The number of H-pyrrole nitrogens is 2.